The van der Waals surface area contributed by atoms with Gasteiger partial charge in [-0.2, -0.15) is 0 Å². The molecule has 0 unspecified atom stereocenters. The van der Waals surface area contributed by atoms with E-state index in [0.29, 0.717) is 20.1 Å². The Hall–Kier alpha value is -1.66. The average Bonchev–Trinajstić information content (AvgIpc) is 2.43. The van der Waals surface area contributed by atoms with Crippen LogP contribution in [0.1, 0.15) is 26.3 Å². The predicted molar refractivity (Wildman–Crippen MR) is 84.4 cm³/mol. The molecule has 2 aromatic carbocycles. The minimum Gasteiger partial charge on any atom is -0.506 e. The first-order valence-corrected chi connectivity index (χ1v) is 7.49. The topological polar surface area (TPSA) is 63.6 Å². The Labute approximate surface area is 138 Å². The van der Waals surface area contributed by atoms with E-state index in [1.165, 1.54) is 6.07 Å². The highest BCUT2D eigenvalue weighted by molar-refractivity contribution is 9.11. The van der Waals surface area contributed by atoms with Gasteiger partial charge in [-0.3, -0.25) is 0 Å². The molecule has 0 radical (unpaired) electrons. The summed E-state index contributed by atoms with van der Waals surface area (Å²) in [6, 6.07) is 9.74. The fourth-order valence-electron chi connectivity index (χ4n) is 1.72. The van der Waals surface area contributed by atoms with Gasteiger partial charge in [0.25, 0.3) is 0 Å². The zero-order valence-electron chi connectivity index (χ0n) is 10.9. The molecule has 6 heteroatoms. The van der Waals surface area contributed by atoms with E-state index in [-0.39, 0.29) is 11.3 Å². The van der Waals surface area contributed by atoms with Gasteiger partial charge in [0.2, 0.25) is 0 Å². The lowest BCUT2D eigenvalue weighted by Gasteiger charge is -2.08. The van der Waals surface area contributed by atoms with E-state index in [1.54, 1.807) is 37.3 Å². The smallest absolute Gasteiger partial charge is 0.349 e. The summed E-state index contributed by atoms with van der Waals surface area (Å²) in [5.74, 6) is -1.95. The molecule has 0 bridgehead atoms. The molecule has 4 nitrogen and oxygen atoms in total. The maximum Gasteiger partial charge on any atom is 0.349 e. The molecule has 2 aromatic rings. The van der Waals surface area contributed by atoms with Crippen LogP contribution in [0.15, 0.2) is 45.3 Å². The van der Waals surface area contributed by atoms with Crippen LogP contribution < -0.4 is 0 Å². The number of hydrogen-bond donors (Lipinski definition) is 1. The molecule has 2 rings (SSSR count). The predicted octanol–water partition coefficient (Wildman–Crippen LogP) is 4.22. The molecule has 0 aliphatic carbocycles. The van der Waals surface area contributed by atoms with E-state index in [0.717, 1.165) is 0 Å². The van der Waals surface area contributed by atoms with Crippen molar-refractivity contribution in [3.8, 4) is 5.75 Å². The van der Waals surface area contributed by atoms with E-state index in [9.17, 15) is 14.7 Å². The Morgan fingerprint density at radius 1 is 1.05 bits per heavy atom. The highest BCUT2D eigenvalue weighted by atomic mass is 79.9. The van der Waals surface area contributed by atoms with Gasteiger partial charge in [-0.25, -0.2) is 9.59 Å². The molecule has 108 valence electrons. The molecular weight excluding hydrogens is 404 g/mol. The Morgan fingerprint density at radius 2 is 1.67 bits per heavy atom. The number of carbonyl (C=O) groups is 2. The molecule has 0 aromatic heterocycles. The van der Waals surface area contributed by atoms with Crippen molar-refractivity contribution in [2.24, 2.45) is 0 Å². The maximum atomic E-state index is 12.0. The molecule has 1 N–H and O–H groups in total. The Morgan fingerprint density at radius 3 is 2.33 bits per heavy atom. The second-order valence-electron chi connectivity index (χ2n) is 4.28. The van der Waals surface area contributed by atoms with Crippen molar-refractivity contribution in [1.82, 2.24) is 0 Å². The summed E-state index contributed by atoms with van der Waals surface area (Å²) in [5, 5.41) is 9.85. The number of phenolic OH excluding ortho intramolecular Hbond substituents is 1. The van der Waals surface area contributed by atoms with Crippen LogP contribution in [0.4, 0.5) is 0 Å². The van der Waals surface area contributed by atoms with Gasteiger partial charge >= 0.3 is 11.9 Å². The Kier molecular flexibility index (Phi) is 4.80. The third kappa shape index (κ3) is 3.51. The van der Waals surface area contributed by atoms with Crippen LogP contribution in [-0.4, -0.2) is 17.0 Å². The van der Waals surface area contributed by atoms with Crippen LogP contribution in [-0.2, 0) is 4.74 Å². The number of aryl methyl sites for hydroxylation is 1. The van der Waals surface area contributed by atoms with Crippen LogP contribution in [0.3, 0.4) is 0 Å². The van der Waals surface area contributed by atoms with Crippen molar-refractivity contribution in [2.45, 2.75) is 6.92 Å². The van der Waals surface area contributed by atoms with Crippen molar-refractivity contribution in [2.75, 3.05) is 0 Å². The lowest BCUT2D eigenvalue weighted by molar-refractivity contribution is 0.0395. The van der Waals surface area contributed by atoms with E-state index < -0.39 is 11.9 Å². The zero-order valence-corrected chi connectivity index (χ0v) is 14.1. The molecule has 0 saturated heterocycles. The van der Waals surface area contributed by atoms with Crippen LogP contribution in [0.5, 0.6) is 5.75 Å². The number of hydrogen-bond acceptors (Lipinski definition) is 4. The molecule has 21 heavy (non-hydrogen) atoms. The first kappa shape index (κ1) is 15.7. The monoisotopic (exact) mass is 412 g/mol. The van der Waals surface area contributed by atoms with Crippen molar-refractivity contribution < 1.29 is 19.4 Å². The quantitative estimate of drug-likeness (QED) is 0.591. The number of carbonyl (C=O) groups excluding carboxylic acids is 2. The highest BCUT2D eigenvalue weighted by Gasteiger charge is 2.21. The number of aromatic hydroxyl groups is 1. The molecule has 0 aliphatic rings. The first-order chi connectivity index (χ1) is 9.90. The Bertz CT molecular complexity index is 726. The first-order valence-electron chi connectivity index (χ1n) is 5.90. The molecular formula is C15H10Br2O4. The number of halogens is 2. The zero-order chi connectivity index (χ0) is 15.6. The summed E-state index contributed by atoms with van der Waals surface area (Å²) in [6.45, 7) is 1.74. The third-order valence-corrected chi connectivity index (χ3v) is 3.86. The number of rotatable bonds is 2. The summed E-state index contributed by atoms with van der Waals surface area (Å²) in [6.07, 6.45) is 0. The largest absolute Gasteiger partial charge is 0.506 e. The van der Waals surface area contributed by atoms with Gasteiger partial charge in [0.1, 0.15) is 11.3 Å². The van der Waals surface area contributed by atoms with E-state index in [1.807, 2.05) is 0 Å². The molecule has 0 amide bonds. The van der Waals surface area contributed by atoms with Gasteiger partial charge in [0, 0.05) is 4.47 Å². The molecule has 0 saturated carbocycles. The van der Waals surface area contributed by atoms with Gasteiger partial charge in [-0.15, -0.1) is 0 Å². The van der Waals surface area contributed by atoms with E-state index in [4.69, 9.17) is 4.74 Å². The van der Waals surface area contributed by atoms with E-state index in [2.05, 4.69) is 31.9 Å². The van der Waals surface area contributed by atoms with Crippen molar-refractivity contribution >= 4 is 43.8 Å². The number of esters is 2. The van der Waals surface area contributed by atoms with Crippen LogP contribution in [0.25, 0.3) is 0 Å². The van der Waals surface area contributed by atoms with Gasteiger partial charge in [-0.05, 0) is 46.6 Å². The van der Waals surface area contributed by atoms with Gasteiger partial charge in [0.15, 0.2) is 0 Å². The lowest BCUT2D eigenvalue weighted by Crippen LogP contribution is -2.14. The van der Waals surface area contributed by atoms with Gasteiger partial charge in [0.05, 0.1) is 10.0 Å². The minimum absolute atomic E-state index is 0.0989. The van der Waals surface area contributed by atoms with Crippen molar-refractivity contribution in [1.29, 1.82) is 0 Å². The Balaban J connectivity index is 2.27. The molecule has 0 spiro atoms. The van der Waals surface area contributed by atoms with Gasteiger partial charge < -0.3 is 9.84 Å². The second kappa shape index (κ2) is 6.41. The summed E-state index contributed by atoms with van der Waals surface area (Å²) in [5.41, 5.74) is 0.910. The van der Waals surface area contributed by atoms with Crippen LogP contribution in [0, 0.1) is 6.92 Å². The summed E-state index contributed by atoms with van der Waals surface area (Å²) >= 11 is 6.32. The number of phenols is 1. The number of ether oxygens (including phenoxy) is 1. The molecule has 0 heterocycles. The van der Waals surface area contributed by atoms with Crippen molar-refractivity contribution in [3.05, 3.63) is 62.0 Å². The summed E-state index contributed by atoms with van der Waals surface area (Å²) in [7, 11) is 0. The average molecular weight is 414 g/mol. The minimum atomic E-state index is -0.914. The summed E-state index contributed by atoms with van der Waals surface area (Å²) < 4.78 is 5.71. The second-order valence-corrected chi connectivity index (χ2v) is 6.05. The maximum absolute atomic E-state index is 12.0. The highest BCUT2D eigenvalue weighted by Crippen LogP contribution is 2.32. The summed E-state index contributed by atoms with van der Waals surface area (Å²) in [4.78, 5) is 24.0. The normalized spacial score (nSPS) is 10.2. The van der Waals surface area contributed by atoms with Crippen LogP contribution >= 0.6 is 31.9 Å². The van der Waals surface area contributed by atoms with Crippen LogP contribution in [0.2, 0.25) is 0 Å². The SMILES string of the molecule is Cc1ccccc1C(=O)OC(=O)c1cc(Br)cc(Br)c1O. The fraction of sp³-hybridized carbons (Fsp3) is 0.0667. The molecule has 0 aliphatic heterocycles. The van der Waals surface area contributed by atoms with Gasteiger partial charge in [-0.1, -0.05) is 34.1 Å². The third-order valence-electron chi connectivity index (χ3n) is 2.80. The van der Waals surface area contributed by atoms with E-state index >= 15 is 0 Å². The lowest BCUT2D eigenvalue weighted by atomic mass is 10.1. The fourth-order valence-corrected chi connectivity index (χ4v) is 2.94. The van der Waals surface area contributed by atoms with Crippen molar-refractivity contribution in [3.63, 3.8) is 0 Å². The number of benzene rings is 2. The molecule has 0 fully saturated rings. The standard InChI is InChI=1S/C15H10Br2O4/c1-8-4-2-3-5-10(8)14(19)21-15(20)11-6-9(16)7-12(17)13(11)18/h2-7,18H,1H3. The molecule has 0 atom stereocenters.